The van der Waals surface area contributed by atoms with Crippen molar-refractivity contribution in [2.45, 2.75) is 31.9 Å². The van der Waals surface area contributed by atoms with Gasteiger partial charge in [-0.05, 0) is 37.5 Å². The largest absolute Gasteiger partial charge is 0.449 e. The lowest BCUT2D eigenvalue weighted by Gasteiger charge is -2.15. The Labute approximate surface area is 146 Å². The molecule has 0 bridgehead atoms. The molecule has 0 heterocycles. The highest BCUT2D eigenvalue weighted by Crippen LogP contribution is 2.27. The first kappa shape index (κ1) is 16.7. The molecule has 1 aliphatic carbocycles. The van der Waals surface area contributed by atoms with E-state index >= 15 is 0 Å². The van der Waals surface area contributed by atoms with Crippen LogP contribution < -0.4 is 5.32 Å². The molecule has 1 fully saturated rings. The van der Waals surface area contributed by atoms with Gasteiger partial charge in [0.25, 0.3) is 5.91 Å². The van der Waals surface area contributed by atoms with Crippen LogP contribution in [-0.2, 0) is 9.53 Å². The first-order chi connectivity index (χ1) is 12.1. The summed E-state index contributed by atoms with van der Waals surface area (Å²) < 4.78 is 5.33. The second kappa shape index (κ2) is 7.18. The van der Waals surface area contributed by atoms with Gasteiger partial charge in [0.1, 0.15) is 0 Å². The second-order valence-corrected chi connectivity index (χ2v) is 6.03. The highest BCUT2D eigenvalue weighted by Gasteiger charge is 2.28. The quantitative estimate of drug-likeness (QED) is 0.852. The van der Waals surface area contributed by atoms with Crippen LogP contribution >= 0.6 is 0 Å². The van der Waals surface area contributed by atoms with Gasteiger partial charge in [-0.2, -0.15) is 5.26 Å². The third-order valence-corrected chi connectivity index (χ3v) is 4.06. The minimum Gasteiger partial charge on any atom is -0.449 e. The highest BCUT2D eigenvalue weighted by atomic mass is 16.5. The maximum Gasteiger partial charge on any atom is 0.339 e. The minimum absolute atomic E-state index is 0.212. The van der Waals surface area contributed by atoms with Crippen molar-refractivity contribution in [2.24, 2.45) is 0 Å². The number of hydrogen-bond acceptors (Lipinski definition) is 4. The van der Waals surface area contributed by atoms with Crippen molar-refractivity contribution in [2.75, 3.05) is 0 Å². The summed E-state index contributed by atoms with van der Waals surface area (Å²) in [6.07, 6.45) is 1.08. The summed E-state index contributed by atoms with van der Waals surface area (Å²) in [6.45, 7) is 1.56. The normalized spacial score (nSPS) is 14.2. The van der Waals surface area contributed by atoms with Crippen LogP contribution in [0.15, 0.2) is 48.5 Å². The van der Waals surface area contributed by atoms with Gasteiger partial charge >= 0.3 is 5.97 Å². The third-order valence-electron chi connectivity index (χ3n) is 4.06. The average molecular weight is 334 g/mol. The zero-order chi connectivity index (χ0) is 17.8. The fourth-order valence-electron chi connectivity index (χ4n) is 2.54. The molecule has 2 aromatic carbocycles. The van der Waals surface area contributed by atoms with Gasteiger partial charge in [0.15, 0.2) is 6.10 Å². The Hall–Kier alpha value is -3.13. The number of carbonyl (C=O) groups excluding carboxylic acids is 2. The number of nitriles is 1. The number of rotatable bonds is 5. The molecular weight excluding hydrogens is 316 g/mol. The summed E-state index contributed by atoms with van der Waals surface area (Å²) in [5, 5.41) is 12.1. The fourth-order valence-corrected chi connectivity index (χ4v) is 2.54. The molecule has 3 rings (SSSR count). The average Bonchev–Trinajstić information content (AvgIpc) is 3.45. The zero-order valence-electron chi connectivity index (χ0n) is 13.9. The van der Waals surface area contributed by atoms with Crippen molar-refractivity contribution in [1.82, 2.24) is 5.32 Å². The van der Waals surface area contributed by atoms with Crippen molar-refractivity contribution in [3.8, 4) is 17.2 Å². The summed E-state index contributed by atoms with van der Waals surface area (Å²) in [5.74, 6) is -0.868. The van der Waals surface area contributed by atoms with Crippen molar-refractivity contribution >= 4 is 11.9 Å². The molecule has 1 N–H and O–H groups in total. The van der Waals surface area contributed by atoms with E-state index < -0.39 is 12.1 Å². The van der Waals surface area contributed by atoms with E-state index in [-0.39, 0.29) is 11.9 Å². The minimum atomic E-state index is -0.868. The highest BCUT2D eigenvalue weighted by molar-refractivity contribution is 5.99. The Kier molecular flexibility index (Phi) is 4.80. The molecule has 1 atom stereocenters. The van der Waals surface area contributed by atoms with E-state index in [1.807, 2.05) is 6.07 Å². The van der Waals surface area contributed by atoms with Crippen LogP contribution in [0, 0.1) is 11.3 Å². The van der Waals surface area contributed by atoms with Crippen LogP contribution in [0.4, 0.5) is 0 Å². The Morgan fingerprint density at radius 3 is 2.44 bits per heavy atom. The van der Waals surface area contributed by atoms with Crippen molar-refractivity contribution in [1.29, 1.82) is 5.26 Å². The molecule has 1 amide bonds. The smallest absolute Gasteiger partial charge is 0.339 e. The molecule has 1 aliphatic rings. The van der Waals surface area contributed by atoms with Gasteiger partial charge in [-0.3, -0.25) is 4.79 Å². The second-order valence-electron chi connectivity index (χ2n) is 6.03. The van der Waals surface area contributed by atoms with Crippen LogP contribution in [-0.4, -0.2) is 24.0 Å². The molecule has 0 radical (unpaired) electrons. The molecule has 0 unspecified atom stereocenters. The van der Waals surface area contributed by atoms with Gasteiger partial charge in [-0.25, -0.2) is 4.79 Å². The van der Waals surface area contributed by atoms with Gasteiger partial charge in [0.05, 0.1) is 17.2 Å². The van der Waals surface area contributed by atoms with Gasteiger partial charge in [-0.15, -0.1) is 0 Å². The molecule has 5 heteroatoms. The Bertz CT molecular complexity index is 850. The van der Waals surface area contributed by atoms with Crippen LogP contribution in [0.3, 0.4) is 0 Å². The molecule has 0 spiro atoms. The maximum absolute atomic E-state index is 12.6. The zero-order valence-corrected chi connectivity index (χ0v) is 13.9. The summed E-state index contributed by atoms with van der Waals surface area (Å²) in [6, 6.07) is 16.3. The Balaban J connectivity index is 1.84. The molecular formula is C20H18N2O3. The number of nitrogens with zero attached hydrogens (tertiary/aromatic N) is 1. The van der Waals surface area contributed by atoms with E-state index in [1.54, 1.807) is 49.4 Å². The van der Waals surface area contributed by atoms with E-state index in [2.05, 4.69) is 11.4 Å². The van der Waals surface area contributed by atoms with Crippen molar-refractivity contribution in [3.63, 3.8) is 0 Å². The predicted molar refractivity (Wildman–Crippen MR) is 92.6 cm³/mol. The number of ether oxygens (including phenoxy) is 1. The van der Waals surface area contributed by atoms with E-state index in [4.69, 9.17) is 4.74 Å². The molecule has 126 valence electrons. The van der Waals surface area contributed by atoms with Crippen LogP contribution in [0.25, 0.3) is 11.1 Å². The van der Waals surface area contributed by atoms with E-state index in [0.29, 0.717) is 22.3 Å². The van der Waals surface area contributed by atoms with Gasteiger partial charge in [0, 0.05) is 11.6 Å². The van der Waals surface area contributed by atoms with Crippen LogP contribution in [0.5, 0.6) is 0 Å². The molecule has 25 heavy (non-hydrogen) atoms. The van der Waals surface area contributed by atoms with Crippen LogP contribution in [0.1, 0.15) is 35.7 Å². The Morgan fingerprint density at radius 1 is 1.12 bits per heavy atom. The number of benzene rings is 2. The first-order valence-electron chi connectivity index (χ1n) is 8.20. The summed E-state index contributed by atoms with van der Waals surface area (Å²) in [7, 11) is 0. The summed E-state index contributed by atoms with van der Waals surface area (Å²) in [4.78, 5) is 24.6. The monoisotopic (exact) mass is 334 g/mol. The first-order valence-corrected chi connectivity index (χ1v) is 8.20. The molecule has 0 aromatic heterocycles. The number of carbonyl (C=O) groups is 2. The fraction of sp³-hybridized carbons (Fsp3) is 0.250. The molecule has 1 saturated carbocycles. The number of amides is 1. The molecule has 5 nitrogen and oxygen atoms in total. The SMILES string of the molecule is C[C@H](OC(=O)c1ccccc1-c1ccccc1C#N)C(=O)NC1CC1. The third kappa shape index (κ3) is 3.86. The van der Waals surface area contributed by atoms with Crippen molar-refractivity contribution in [3.05, 3.63) is 59.7 Å². The summed E-state index contributed by atoms with van der Waals surface area (Å²) >= 11 is 0. The van der Waals surface area contributed by atoms with E-state index in [9.17, 15) is 14.9 Å². The van der Waals surface area contributed by atoms with Crippen molar-refractivity contribution < 1.29 is 14.3 Å². The number of hydrogen-bond donors (Lipinski definition) is 1. The lowest BCUT2D eigenvalue weighted by molar-refractivity contribution is -0.129. The van der Waals surface area contributed by atoms with Gasteiger partial charge in [0.2, 0.25) is 0 Å². The topological polar surface area (TPSA) is 79.2 Å². The number of nitrogens with one attached hydrogen (secondary N) is 1. The lowest BCUT2D eigenvalue weighted by atomic mass is 9.96. The standard InChI is InChI=1S/C20H18N2O3/c1-13(19(23)22-15-10-11-15)25-20(24)18-9-5-4-8-17(18)16-7-3-2-6-14(16)12-21/h2-9,13,15H,10-11H2,1H3,(H,22,23)/t13-/m0/s1. The molecule has 0 saturated heterocycles. The van der Waals surface area contributed by atoms with E-state index in [1.165, 1.54) is 0 Å². The molecule has 0 aliphatic heterocycles. The van der Waals surface area contributed by atoms with Gasteiger partial charge < -0.3 is 10.1 Å². The Morgan fingerprint density at radius 2 is 1.76 bits per heavy atom. The lowest BCUT2D eigenvalue weighted by Crippen LogP contribution is -2.37. The van der Waals surface area contributed by atoms with Gasteiger partial charge in [-0.1, -0.05) is 36.4 Å². The molecule has 2 aromatic rings. The summed E-state index contributed by atoms with van der Waals surface area (Å²) in [5.41, 5.74) is 2.07. The maximum atomic E-state index is 12.6. The predicted octanol–water partition coefficient (Wildman–Crippen LogP) is 3.05. The van der Waals surface area contributed by atoms with E-state index in [0.717, 1.165) is 12.8 Å². The van der Waals surface area contributed by atoms with Crippen LogP contribution in [0.2, 0.25) is 0 Å². The number of esters is 1.